The first-order valence-corrected chi connectivity index (χ1v) is 12.2. The number of ether oxygens (including phenoxy) is 3. The Kier molecular flexibility index (Phi) is 11.2. The Morgan fingerprint density at radius 3 is 2.34 bits per heavy atom. The number of aryl methyl sites for hydroxylation is 1. The Morgan fingerprint density at radius 2 is 1.66 bits per heavy atom. The van der Waals surface area contributed by atoms with Crippen LogP contribution in [0, 0.1) is 0 Å². The minimum absolute atomic E-state index is 0.143. The van der Waals surface area contributed by atoms with Gasteiger partial charge in [0.2, 0.25) is 5.75 Å². The summed E-state index contributed by atoms with van der Waals surface area (Å²) in [5.41, 5.74) is 1.84. The zero-order valence-corrected chi connectivity index (χ0v) is 20.7. The van der Waals surface area contributed by atoms with Crippen LogP contribution in [0.1, 0.15) is 79.1 Å². The van der Waals surface area contributed by atoms with Gasteiger partial charge in [-0.1, -0.05) is 57.9 Å². The highest BCUT2D eigenvalue weighted by Crippen LogP contribution is 2.34. The van der Waals surface area contributed by atoms with E-state index in [1.54, 1.807) is 7.11 Å². The summed E-state index contributed by atoms with van der Waals surface area (Å²) in [5, 5.41) is 0.869. The molecule has 1 heterocycles. The van der Waals surface area contributed by atoms with Crippen LogP contribution in [0.5, 0.6) is 17.2 Å². The summed E-state index contributed by atoms with van der Waals surface area (Å²) in [6.45, 7) is 10.1. The lowest BCUT2D eigenvalue weighted by Crippen LogP contribution is -2.24. The van der Waals surface area contributed by atoms with Crippen LogP contribution < -0.4 is 19.8 Å². The number of hydrogen-bond acceptors (Lipinski definition) is 4. The van der Waals surface area contributed by atoms with Gasteiger partial charge in [-0.3, -0.25) is 4.79 Å². The molecule has 1 aromatic heterocycles. The molecule has 32 heavy (non-hydrogen) atoms. The Morgan fingerprint density at radius 1 is 0.938 bits per heavy atom. The number of aromatic nitrogens is 1. The molecule has 0 fully saturated rings. The molecule has 0 aliphatic heterocycles. The van der Waals surface area contributed by atoms with Crippen molar-refractivity contribution < 1.29 is 14.2 Å². The zero-order valence-electron chi connectivity index (χ0n) is 20.7. The smallest absolute Gasteiger partial charge is 0.297 e. The fourth-order valence-corrected chi connectivity index (χ4v) is 3.70. The Bertz CT molecular complexity index is 925. The summed E-state index contributed by atoms with van der Waals surface area (Å²) < 4.78 is 19.3. The molecule has 0 saturated carbocycles. The van der Waals surface area contributed by atoms with Crippen molar-refractivity contribution in [2.75, 3.05) is 20.3 Å². The highest BCUT2D eigenvalue weighted by molar-refractivity contribution is 5.89. The Labute approximate surface area is 193 Å². The minimum atomic E-state index is -0.143. The summed E-state index contributed by atoms with van der Waals surface area (Å²) in [6.07, 6.45) is 11.1. The van der Waals surface area contributed by atoms with Crippen LogP contribution in [0.3, 0.4) is 0 Å². The van der Waals surface area contributed by atoms with Crippen LogP contribution in [0.2, 0.25) is 0 Å². The SMILES string of the molecule is CCCCCCCCn1c(=O)c(OCC=C(C)C)c(OC)c2ccc(OCCCC)cc21. The molecule has 0 atom stereocenters. The van der Waals surface area contributed by atoms with Crippen LogP contribution >= 0.6 is 0 Å². The number of nitrogens with zero attached hydrogens (tertiary/aromatic N) is 1. The molecule has 2 rings (SSSR count). The summed E-state index contributed by atoms with van der Waals surface area (Å²) in [7, 11) is 1.59. The number of fused-ring (bicyclic) bond motifs is 1. The second kappa shape index (κ2) is 13.9. The van der Waals surface area contributed by atoms with Crippen molar-refractivity contribution in [3.63, 3.8) is 0 Å². The molecule has 1 aromatic carbocycles. The molecule has 0 N–H and O–H groups in total. The lowest BCUT2D eigenvalue weighted by Gasteiger charge is -2.18. The average Bonchev–Trinajstić information content (AvgIpc) is 2.78. The van der Waals surface area contributed by atoms with Crippen LogP contribution in [-0.2, 0) is 6.54 Å². The van der Waals surface area contributed by atoms with Crippen LogP contribution in [-0.4, -0.2) is 24.9 Å². The van der Waals surface area contributed by atoms with E-state index in [0.29, 0.717) is 25.5 Å². The Balaban J connectivity index is 2.42. The van der Waals surface area contributed by atoms with Gasteiger partial charge in [0.15, 0.2) is 5.75 Å². The third-order valence-electron chi connectivity index (χ3n) is 5.58. The lowest BCUT2D eigenvalue weighted by molar-refractivity contribution is 0.309. The third kappa shape index (κ3) is 7.32. The van der Waals surface area contributed by atoms with Crippen molar-refractivity contribution in [3.8, 4) is 17.2 Å². The molecule has 0 bridgehead atoms. The van der Waals surface area contributed by atoms with E-state index in [0.717, 1.165) is 47.9 Å². The number of rotatable bonds is 15. The third-order valence-corrected chi connectivity index (χ3v) is 5.58. The maximum Gasteiger partial charge on any atom is 0.297 e. The first-order valence-electron chi connectivity index (χ1n) is 12.2. The predicted octanol–water partition coefficient (Wildman–Crippen LogP) is 6.89. The largest absolute Gasteiger partial charge is 0.494 e. The maximum atomic E-state index is 13.5. The van der Waals surface area contributed by atoms with Gasteiger partial charge in [-0.05, 0) is 44.9 Å². The van der Waals surface area contributed by atoms with Gasteiger partial charge in [-0.25, -0.2) is 0 Å². The van der Waals surface area contributed by atoms with Gasteiger partial charge < -0.3 is 18.8 Å². The molecule has 0 unspecified atom stereocenters. The topological polar surface area (TPSA) is 49.7 Å². The van der Waals surface area contributed by atoms with Gasteiger partial charge in [0.1, 0.15) is 12.4 Å². The molecule has 0 spiro atoms. The van der Waals surface area contributed by atoms with E-state index in [-0.39, 0.29) is 11.3 Å². The molecule has 5 nitrogen and oxygen atoms in total. The van der Waals surface area contributed by atoms with Gasteiger partial charge >= 0.3 is 0 Å². The summed E-state index contributed by atoms with van der Waals surface area (Å²) in [4.78, 5) is 13.5. The molecule has 0 amide bonds. The quantitative estimate of drug-likeness (QED) is 0.222. The van der Waals surface area contributed by atoms with Crippen molar-refractivity contribution in [1.29, 1.82) is 0 Å². The molecule has 178 valence electrons. The van der Waals surface area contributed by atoms with Crippen molar-refractivity contribution in [3.05, 3.63) is 40.2 Å². The monoisotopic (exact) mass is 443 g/mol. The van der Waals surface area contributed by atoms with Crippen molar-refractivity contribution in [2.45, 2.75) is 85.6 Å². The molecule has 2 aromatic rings. The van der Waals surface area contributed by atoms with E-state index >= 15 is 0 Å². The van der Waals surface area contributed by atoms with E-state index in [1.807, 2.05) is 42.7 Å². The predicted molar refractivity (Wildman–Crippen MR) is 133 cm³/mol. The number of allylic oxidation sites excluding steroid dienone is 1. The van der Waals surface area contributed by atoms with Gasteiger partial charge in [0, 0.05) is 18.0 Å². The van der Waals surface area contributed by atoms with Crippen molar-refractivity contribution in [2.24, 2.45) is 0 Å². The first-order chi connectivity index (χ1) is 15.5. The molecular formula is C27H41NO4. The number of unbranched alkanes of at least 4 members (excludes halogenated alkanes) is 6. The zero-order chi connectivity index (χ0) is 23.3. The van der Waals surface area contributed by atoms with Gasteiger partial charge in [0.25, 0.3) is 5.56 Å². The molecule has 0 aliphatic carbocycles. The second-order valence-corrected chi connectivity index (χ2v) is 8.56. The number of methoxy groups -OCH3 is 1. The van der Waals surface area contributed by atoms with Crippen molar-refractivity contribution in [1.82, 2.24) is 4.57 Å². The normalized spacial score (nSPS) is 10.9. The van der Waals surface area contributed by atoms with E-state index in [9.17, 15) is 4.79 Å². The van der Waals surface area contributed by atoms with Gasteiger partial charge in [-0.2, -0.15) is 0 Å². The number of benzene rings is 1. The van der Waals surface area contributed by atoms with Gasteiger partial charge in [0.05, 0.1) is 19.2 Å². The number of hydrogen-bond donors (Lipinski definition) is 0. The number of pyridine rings is 1. The molecule has 0 radical (unpaired) electrons. The van der Waals surface area contributed by atoms with Crippen LogP contribution in [0.15, 0.2) is 34.6 Å². The van der Waals surface area contributed by atoms with Crippen LogP contribution in [0.4, 0.5) is 0 Å². The van der Waals surface area contributed by atoms with E-state index in [2.05, 4.69) is 13.8 Å². The average molecular weight is 444 g/mol. The first kappa shape index (κ1) is 25.8. The molecular weight excluding hydrogens is 402 g/mol. The highest BCUT2D eigenvalue weighted by atomic mass is 16.5. The highest BCUT2D eigenvalue weighted by Gasteiger charge is 2.19. The van der Waals surface area contributed by atoms with Crippen molar-refractivity contribution >= 4 is 10.9 Å². The molecule has 0 saturated heterocycles. The summed E-state index contributed by atoms with van der Waals surface area (Å²) in [5.74, 6) is 1.55. The van der Waals surface area contributed by atoms with E-state index < -0.39 is 0 Å². The fraction of sp³-hybridized carbons (Fsp3) is 0.593. The van der Waals surface area contributed by atoms with Crippen LogP contribution in [0.25, 0.3) is 10.9 Å². The molecule has 5 heteroatoms. The van der Waals surface area contributed by atoms with Gasteiger partial charge in [-0.15, -0.1) is 0 Å². The summed E-state index contributed by atoms with van der Waals surface area (Å²) >= 11 is 0. The second-order valence-electron chi connectivity index (χ2n) is 8.56. The minimum Gasteiger partial charge on any atom is -0.494 e. The molecule has 0 aliphatic rings. The Hall–Kier alpha value is -2.43. The standard InChI is InChI=1S/C27H41NO4/c1-6-8-10-11-12-13-17-28-24-20-22(31-18-9-7-2)14-15-23(24)25(30-5)26(27(28)29)32-19-16-21(3)4/h14-16,20H,6-13,17-19H2,1-5H3. The lowest BCUT2D eigenvalue weighted by atomic mass is 10.1. The van der Waals surface area contributed by atoms with E-state index in [1.165, 1.54) is 25.7 Å². The summed E-state index contributed by atoms with van der Waals surface area (Å²) in [6, 6.07) is 5.88. The maximum absolute atomic E-state index is 13.5. The fourth-order valence-electron chi connectivity index (χ4n) is 3.70. The van der Waals surface area contributed by atoms with E-state index in [4.69, 9.17) is 14.2 Å².